The molecule has 3 rings (SSSR count). The summed E-state index contributed by atoms with van der Waals surface area (Å²) in [5, 5.41) is 18.5. The van der Waals surface area contributed by atoms with Crippen molar-refractivity contribution in [3.8, 4) is 34.8 Å². The van der Waals surface area contributed by atoms with Crippen molar-refractivity contribution in [1.29, 1.82) is 10.5 Å². The van der Waals surface area contributed by atoms with E-state index in [1.165, 1.54) is 18.2 Å². The van der Waals surface area contributed by atoms with Crippen molar-refractivity contribution in [3.05, 3.63) is 82.7 Å². The fraction of sp³-hybridized carbons (Fsp3) is 0.344. The van der Waals surface area contributed by atoms with Crippen molar-refractivity contribution in [2.45, 2.75) is 71.3 Å². The molecule has 40 heavy (non-hydrogen) atoms. The lowest BCUT2D eigenvalue weighted by molar-refractivity contribution is 0.0246. The van der Waals surface area contributed by atoms with Crippen molar-refractivity contribution in [2.24, 2.45) is 0 Å². The number of nitrogens with zero attached hydrogens (tertiary/aromatic N) is 2. The Morgan fingerprint density at radius 1 is 0.775 bits per heavy atom. The number of carbonyl (C=O) groups is 1. The number of benzene rings is 3. The van der Waals surface area contributed by atoms with Crippen LogP contribution in [-0.4, -0.2) is 12.1 Å². The SMILES string of the molecule is CCCCCC(CCCCC)OC(=O)c1cccc(-c2ccccc2)c1Oc1c(F)c(F)c(C#N)c(C#N)c1F. The fourth-order valence-electron chi connectivity index (χ4n) is 4.41. The standard InChI is InChI=1S/C32H31F3N2O3/c1-3-5-8-15-22(16-9-6-4-2)39-32(38)24-18-12-17-23(21-13-10-7-11-14-21)30(24)40-31-28(34)26(20-37)25(19-36)27(33)29(31)35/h7,10-14,17-18,22H,3-6,8-9,15-16H2,1-2H3. The first-order valence-corrected chi connectivity index (χ1v) is 13.5. The van der Waals surface area contributed by atoms with Crippen LogP contribution in [0.2, 0.25) is 0 Å². The first kappa shape index (κ1) is 30.2. The zero-order valence-electron chi connectivity index (χ0n) is 22.6. The van der Waals surface area contributed by atoms with E-state index >= 15 is 8.78 Å². The van der Waals surface area contributed by atoms with Gasteiger partial charge in [-0.25, -0.2) is 13.6 Å². The second-order valence-corrected chi connectivity index (χ2v) is 9.41. The lowest BCUT2D eigenvalue weighted by atomic mass is 10.0. The second-order valence-electron chi connectivity index (χ2n) is 9.41. The Labute approximate surface area is 232 Å². The van der Waals surface area contributed by atoms with E-state index < -0.39 is 40.3 Å². The zero-order chi connectivity index (χ0) is 29.1. The summed E-state index contributed by atoms with van der Waals surface area (Å²) in [6, 6.07) is 15.9. The van der Waals surface area contributed by atoms with Gasteiger partial charge in [0.05, 0.1) is 0 Å². The van der Waals surface area contributed by atoms with E-state index in [9.17, 15) is 14.4 Å². The summed E-state index contributed by atoms with van der Waals surface area (Å²) in [4.78, 5) is 13.5. The van der Waals surface area contributed by atoms with E-state index in [2.05, 4.69) is 13.8 Å². The smallest absolute Gasteiger partial charge is 0.342 e. The van der Waals surface area contributed by atoms with E-state index in [0.717, 1.165) is 38.5 Å². The minimum atomic E-state index is -1.78. The minimum Gasteiger partial charge on any atom is -0.459 e. The van der Waals surface area contributed by atoms with Gasteiger partial charge in [0.25, 0.3) is 0 Å². The molecule has 3 aromatic rings. The molecule has 0 aromatic heterocycles. The highest BCUT2D eigenvalue weighted by molar-refractivity contribution is 5.96. The molecule has 0 bridgehead atoms. The van der Waals surface area contributed by atoms with E-state index in [4.69, 9.17) is 14.7 Å². The van der Waals surface area contributed by atoms with Gasteiger partial charge in [-0.05, 0) is 37.3 Å². The number of unbranched alkanes of at least 4 members (excludes halogenated alkanes) is 4. The fourth-order valence-corrected chi connectivity index (χ4v) is 4.41. The van der Waals surface area contributed by atoms with Gasteiger partial charge < -0.3 is 9.47 Å². The molecule has 0 spiro atoms. The van der Waals surface area contributed by atoms with Crippen LogP contribution in [0.1, 0.15) is 86.7 Å². The van der Waals surface area contributed by atoms with Gasteiger partial charge in [0.15, 0.2) is 11.6 Å². The first-order chi connectivity index (χ1) is 19.4. The van der Waals surface area contributed by atoms with E-state index in [1.54, 1.807) is 42.5 Å². The molecule has 0 aliphatic heterocycles. The van der Waals surface area contributed by atoms with Crippen LogP contribution in [0.3, 0.4) is 0 Å². The molecular weight excluding hydrogens is 517 g/mol. The largest absolute Gasteiger partial charge is 0.459 e. The first-order valence-electron chi connectivity index (χ1n) is 13.5. The summed E-state index contributed by atoms with van der Waals surface area (Å²) < 4.78 is 56.4. The average molecular weight is 549 g/mol. The molecule has 0 saturated heterocycles. The summed E-state index contributed by atoms with van der Waals surface area (Å²) in [5.41, 5.74) is -1.32. The molecule has 0 unspecified atom stereocenters. The van der Waals surface area contributed by atoms with Gasteiger partial charge in [0.2, 0.25) is 11.6 Å². The quantitative estimate of drug-likeness (QED) is 0.121. The predicted molar refractivity (Wildman–Crippen MR) is 145 cm³/mol. The second kappa shape index (κ2) is 14.7. The van der Waals surface area contributed by atoms with E-state index in [-0.39, 0.29) is 17.4 Å². The molecule has 0 aliphatic carbocycles. The number of para-hydroxylation sites is 1. The maximum Gasteiger partial charge on any atom is 0.342 e. The number of esters is 1. The zero-order valence-corrected chi connectivity index (χ0v) is 22.6. The number of hydrogen-bond acceptors (Lipinski definition) is 5. The van der Waals surface area contributed by atoms with Crippen LogP contribution in [0, 0.1) is 40.1 Å². The van der Waals surface area contributed by atoms with Crippen LogP contribution in [0.4, 0.5) is 13.2 Å². The molecule has 0 aliphatic rings. The number of rotatable bonds is 13. The molecule has 0 heterocycles. The van der Waals surface area contributed by atoms with Gasteiger partial charge in [0.1, 0.15) is 40.7 Å². The summed E-state index contributed by atoms with van der Waals surface area (Å²) in [6.45, 7) is 4.16. The molecule has 208 valence electrons. The molecule has 0 radical (unpaired) electrons. The Morgan fingerprint density at radius 3 is 1.95 bits per heavy atom. The van der Waals surface area contributed by atoms with Gasteiger partial charge in [-0.3, -0.25) is 0 Å². The normalized spacial score (nSPS) is 10.7. The summed E-state index contributed by atoms with van der Waals surface area (Å²) in [7, 11) is 0. The van der Waals surface area contributed by atoms with E-state index in [0.29, 0.717) is 24.0 Å². The van der Waals surface area contributed by atoms with E-state index in [1.807, 2.05) is 0 Å². The molecule has 3 aromatic carbocycles. The van der Waals surface area contributed by atoms with Crippen LogP contribution < -0.4 is 4.74 Å². The van der Waals surface area contributed by atoms with Crippen molar-refractivity contribution >= 4 is 5.97 Å². The highest BCUT2D eigenvalue weighted by atomic mass is 19.2. The highest BCUT2D eigenvalue weighted by Crippen LogP contribution is 2.40. The lowest BCUT2D eigenvalue weighted by Crippen LogP contribution is -2.19. The van der Waals surface area contributed by atoms with Crippen molar-refractivity contribution in [3.63, 3.8) is 0 Å². The van der Waals surface area contributed by atoms with Crippen molar-refractivity contribution in [2.75, 3.05) is 0 Å². The number of carbonyl (C=O) groups excluding carboxylic acids is 1. The molecule has 0 saturated carbocycles. The van der Waals surface area contributed by atoms with Crippen LogP contribution >= 0.6 is 0 Å². The Hall–Kier alpha value is -4.30. The Kier molecular flexibility index (Phi) is 11.1. The van der Waals surface area contributed by atoms with Crippen LogP contribution in [0.15, 0.2) is 48.5 Å². The summed E-state index contributed by atoms with van der Waals surface area (Å²) >= 11 is 0. The van der Waals surface area contributed by atoms with Crippen LogP contribution in [-0.2, 0) is 4.74 Å². The molecule has 0 N–H and O–H groups in total. The van der Waals surface area contributed by atoms with Gasteiger partial charge in [0, 0.05) is 5.56 Å². The maximum atomic E-state index is 15.2. The number of halogens is 3. The molecular formula is C32H31F3N2O3. The lowest BCUT2D eigenvalue weighted by Gasteiger charge is -2.21. The van der Waals surface area contributed by atoms with Crippen molar-refractivity contribution < 1.29 is 27.4 Å². The van der Waals surface area contributed by atoms with Gasteiger partial charge >= 0.3 is 5.97 Å². The Bertz CT molecular complexity index is 1400. The third-order valence-electron chi connectivity index (χ3n) is 6.56. The number of nitriles is 2. The highest BCUT2D eigenvalue weighted by Gasteiger charge is 2.30. The third-order valence-corrected chi connectivity index (χ3v) is 6.56. The third kappa shape index (κ3) is 7.01. The topological polar surface area (TPSA) is 83.1 Å². The van der Waals surface area contributed by atoms with Gasteiger partial charge in [-0.2, -0.15) is 14.9 Å². The molecule has 0 amide bonds. The Balaban J connectivity index is 2.11. The van der Waals surface area contributed by atoms with Crippen LogP contribution in [0.5, 0.6) is 11.5 Å². The Morgan fingerprint density at radius 2 is 1.38 bits per heavy atom. The van der Waals surface area contributed by atoms with Gasteiger partial charge in [-0.15, -0.1) is 0 Å². The number of ether oxygens (including phenoxy) is 2. The maximum absolute atomic E-state index is 15.2. The summed E-state index contributed by atoms with van der Waals surface area (Å²) in [6.07, 6.45) is 6.75. The summed E-state index contributed by atoms with van der Waals surface area (Å²) in [5.74, 6) is -7.28. The monoisotopic (exact) mass is 548 g/mol. The molecule has 8 heteroatoms. The van der Waals surface area contributed by atoms with Crippen LogP contribution in [0.25, 0.3) is 11.1 Å². The molecule has 0 atom stereocenters. The molecule has 0 fully saturated rings. The molecule has 5 nitrogen and oxygen atoms in total. The van der Waals surface area contributed by atoms with Crippen molar-refractivity contribution in [1.82, 2.24) is 0 Å². The predicted octanol–water partition coefficient (Wildman–Crippen LogP) is 8.99. The number of hydrogen-bond donors (Lipinski definition) is 0. The average Bonchev–Trinajstić information content (AvgIpc) is 2.97. The minimum absolute atomic E-state index is 0.112. The van der Waals surface area contributed by atoms with Gasteiger partial charge in [-0.1, -0.05) is 82.0 Å².